The Bertz CT molecular complexity index is 339. The summed E-state index contributed by atoms with van der Waals surface area (Å²) in [6.07, 6.45) is 3.19. The Morgan fingerprint density at radius 2 is 2.42 bits per heavy atom. The Kier molecular flexibility index (Phi) is 1.71. The molecular formula is C9H12N2O. The van der Waals surface area contributed by atoms with Crippen LogP contribution >= 0.6 is 0 Å². The highest BCUT2D eigenvalue weighted by molar-refractivity contribution is 5.09. The summed E-state index contributed by atoms with van der Waals surface area (Å²) in [5, 5.41) is 0. The Balaban J connectivity index is 2.41. The minimum atomic E-state index is -0.0104. The largest absolute Gasteiger partial charge is 0.310 e. The summed E-state index contributed by atoms with van der Waals surface area (Å²) in [4.78, 5) is 18.2. The third-order valence-corrected chi connectivity index (χ3v) is 2.14. The van der Waals surface area contributed by atoms with Gasteiger partial charge in [-0.1, -0.05) is 6.92 Å². The molecule has 12 heavy (non-hydrogen) atoms. The summed E-state index contributed by atoms with van der Waals surface area (Å²) in [5.74, 6) is 1.42. The van der Waals surface area contributed by atoms with Crippen LogP contribution in [-0.4, -0.2) is 9.97 Å². The quantitative estimate of drug-likeness (QED) is 0.714. The molecule has 0 amide bonds. The van der Waals surface area contributed by atoms with E-state index in [1.807, 2.05) is 6.92 Å². The van der Waals surface area contributed by atoms with Crippen molar-refractivity contribution in [1.29, 1.82) is 0 Å². The number of rotatable bonds is 2. The molecule has 0 atom stereocenters. The molecule has 1 aromatic heterocycles. The number of hydrogen-bond acceptors (Lipinski definition) is 2. The molecule has 0 unspecified atom stereocenters. The maximum absolute atomic E-state index is 11.1. The van der Waals surface area contributed by atoms with Gasteiger partial charge in [-0.2, -0.15) is 0 Å². The second kappa shape index (κ2) is 2.73. The van der Waals surface area contributed by atoms with Crippen LogP contribution in [-0.2, 0) is 6.42 Å². The fourth-order valence-corrected chi connectivity index (χ4v) is 1.26. The SMILES string of the molecule is CCc1cc(=O)[nH]c(C2CC2)n1. The summed E-state index contributed by atoms with van der Waals surface area (Å²) in [6, 6.07) is 1.58. The lowest BCUT2D eigenvalue weighted by atomic mass is 10.3. The maximum atomic E-state index is 11.1. The number of nitrogens with one attached hydrogen (secondary N) is 1. The van der Waals surface area contributed by atoms with E-state index in [0.717, 1.165) is 17.9 Å². The number of aromatic amines is 1. The van der Waals surface area contributed by atoms with Crippen molar-refractivity contribution in [3.63, 3.8) is 0 Å². The summed E-state index contributed by atoms with van der Waals surface area (Å²) in [5.41, 5.74) is 0.893. The third kappa shape index (κ3) is 1.40. The normalized spacial score (nSPS) is 16.4. The van der Waals surface area contributed by atoms with Crippen LogP contribution in [0.1, 0.15) is 37.2 Å². The minimum Gasteiger partial charge on any atom is -0.310 e. The summed E-state index contributed by atoms with van der Waals surface area (Å²) >= 11 is 0. The minimum absolute atomic E-state index is 0.0104. The molecule has 0 aliphatic heterocycles. The number of aromatic nitrogens is 2. The van der Waals surface area contributed by atoms with Crippen LogP contribution in [0.2, 0.25) is 0 Å². The average molecular weight is 164 g/mol. The number of hydrogen-bond donors (Lipinski definition) is 1. The first-order chi connectivity index (χ1) is 5.79. The summed E-state index contributed by atoms with van der Waals surface area (Å²) in [7, 11) is 0. The van der Waals surface area contributed by atoms with E-state index in [2.05, 4.69) is 9.97 Å². The molecule has 0 saturated heterocycles. The molecule has 0 aromatic carbocycles. The van der Waals surface area contributed by atoms with Crippen LogP contribution in [0.15, 0.2) is 10.9 Å². The van der Waals surface area contributed by atoms with Crippen molar-refractivity contribution in [3.8, 4) is 0 Å². The van der Waals surface area contributed by atoms with Crippen LogP contribution in [0.5, 0.6) is 0 Å². The van der Waals surface area contributed by atoms with Crippen molar-refractivity contribution in [2.75, 3.05) is 0 Å². The van der Waals surface area contributed by atoms with Gasteiger partial charge in [0.2, 0.25) is 0 Å². The first-order valence-electron chi connectivity index (χ1n) is 4.39. The second-order valence-electron chi connectivity index (χ2n) is 3.25. The van der Waals surface area contributed by atoms with E-state index in [1.165, 1.54) is 12.8 Å². The lowest BCUT2D eigenvalue weighted by Crippen LogP contribution is -2.11. The fourth-order valence-electron chi connectivity index (χ4n) is 1.26. The van der Waals surface area contributed by atoms with Crippen molar-refractivity contribution in [1.82, 2.24) is 9.97 Å². The third-order valence-electron chi connectivity index (χ3n) is 2.14. The summed E-state index contributed by atoms with van der Waals surface area (Å²) < 4.78 is 0. The molecule has 1 aromatic rings. The predicted octanol–water partition coefficient (Wildman–Crippen LogP) is 1.21. The molecule has 1 saturated carbocycles. The van der Waals surface area contributed by atoms with Gasteiger partial charge < -0.3 is 4.98 Å². The molecule has 1 fully saturated rings. The first kappa shape index (κ1) is 7.53. The van der Waals surface area contributed by atoms with Crippen molar-refractivity contribution in [2.45, 2.75) is 32.1 Å². The zero-order valence-electron chi connectivity index (χ0n) is 7.13. The monoisotopic (exact) mass is 164 g/mol. The van der Waals surface area contributed by atoms with E-state index in [1.54, 1.807) is 6.07 Å². The van der Waals surface area contributed by atoms with Gasteiger partial charge in [0, 0.05) is 17.7 Å². The van der Waals surface area contributed by atoms with Crippen molar-refractivity contribution in [3.05, 3.63) is 27.9 Å². The molecule has 3 heteroatoms. The van der Waals surface area contributed by atoms with Gasteiger partial charge in [0.15, 0.2) is 0 Å². The van der Waals surface area contributed by atoms with E-state index in [9.17, 15) is 4.79 Å². The fraction of sp³-hybridized carbons (Fsp3) is 0.556. The molecule has 3 nitrogen and oxygen atoms in total. The maximum Gasteiger partial charge on any atom is 0.251 e. The number of H-pyrrole nitrogens is 1. The highest BCUT2D eigenvalue weighted by Crippen LogP contribution is 2.37. The van der Waals surface area contributed by atoms with E-state index in [0.29, 0.717) is 5.92 Å². The van der Waals surface area contributed by atoms with E-state index < -0.39 is 0 Å². The number of aryl methyl sites for hydroxylation is 1. The van der Waals surface area contributed by atoms with Gasteiger partial charge in [0.05, 0.1) is 0 Å². The van der Waals surface area contributed by atoms with Gasteiger partial charge in [-0.3, -0.25) is 4.79 Å². The zero-order chi connectivity index (χ0) is 8.55. The Morgan fingerprint density at radius 3 is 3.00 bits per heavy atom. The topological polar surface area (TPSA) is 45.8 Å². The molecule has 0 radical (unpaired) electrons. The molecule has 1 aliphatic carbocycles. The van der Waals surface area contributed by atoms with Crippen molar-refractivity contribution < 1.29 is 0 Å². The molecular weight excluding hydrogens is 152 g/mol. The van der Waals surface area contributed by atoms with Crippen molar-refractivity contribution in [2.24, 2.45) is 0 Å². The Hall–Kier alpha value is -1.12. The van der Waals surface area contributed by atoms with Gasteiger partial charge in [-0.15, -0.1) is 0 Å². The lowest BCUT2D eigenvalue weighted by Gasteiger charge is -1.99. The van der Waals surface area contributed by atoms with Crippen LogP contribution in [0, 0.1) is 0 Å². The van der Waals surface area contributed by atoms with Gasteiger partial charge in [0.1, 0.15) is 5.82 Å². The van der Waals surface area contributed by atoms with Crippen LogP contribution in [0.3, 0.4) is 0 Å². The highest BCUT2D eigenvalue weighted by atomic mass is 16.1. The second-order valence-corrected chi connectivity index (χ2v) is 3.25. The van der Waals surface area contributed by atoms with Crippen LogP contribution in [0.25, 0.3) is 0 Å². The highest BCUT2D eigenvalue weighted by Gasteiger charge is 2.26. The van der Waals surface area contributed by atoms with E-state index >= 15 is 0 Å². The van der Waals surface area contributed by atoms with Gasteiger partial charge in [-0.25, -0.2) is 4.98 Å². The van der Waals surface area contributed by atoms with E-state index in [4.69, 9.17) is 0 Å². The molecule has 1 heterocycles. The van der Waals surface area contributed by atoms with E-state index in [-0.39, 0.29) is 5.56 Å². The number of nitrogens with zero attached hydrogens (tertiary/aromatic N) is 1. The average Bonchev–Trinajstić information content (AvgIpc) is 2.85. The molecule has 0 bridgehead atoms. The smallest absolute Gasteiger partial charge is 0.251 e. The summed E-state index contributed by atoms with van der Waals surface area (Å²) in [6.45, 7) is 2.01. The van der Waals surface area contributed by atoms with Gasteiger partial charge in [-0.05, 0) is 19.3 Å². The lowest BCUT2D eigenvalue weighted by molar-refractivity contribution is 0.862. The van der Waals surface area contributed by atoms with Crippen LogP contribution in [0.4, 0.5) is 0 Å². The molecule has 2 rings (SSSR count). The molecule has 0 spiro atoms. The first-order valence-corrected chi connectivity index (χ1v) is 4.39. The zero-order valence-corrected chi connectivity index (χ0v) is 7.13. The Labute approximate surface area is 70.9 Å². The predicted molar refractivity (Wildman–Crippen MR) is 46.2 cm³/mol. The van der Waals surface area contributed by atoms with Crippen LogP contribution < -0.4 is 5.56 Å². The molecule has 1 N–H and O–H groups in total. The molecule has 1 aliphatic rings. The molecule has 64 valence electrons. The standard InChI is InChI=1S/C9H12N2O/c1-2-7-5-8(12)11-9(10-7)6-3-4-6/h5-6H,2-4H2,1H3,(H,10,11,12). The van der Waals surface area contributed by atoms with Gasteiger partial charge in [0.25, 0.3) is 5.56 Å². The van der Waals surface area contributed by atoms with Crippen molar-refractivity contribution >= 4 is 0 Å². The van der Waals surface area contributed by atoms with Gasteiger partial charge >= 0.3 is 0 Å². The Morgan fingerprint density at radius 1 is 1.67 bits per heavy atom.